The number of rotatable bonds is 4. The Morgan fingerprint density at radius 2 is 1.82 bits per heavy atom. The summed E-state index contributed by atoms with van der Waals surface area (Å²) in [6.07, 6.45) is 0. The molecule has 1 heterocycles. The number of aryl methyl sites for hydroxylation is 1. The molecule has 0 radical (unpaired) electrons. The van der Waals surface area contributed by atoms with E-state index in [-0.39, 0.29) is 11.3 Å². The normalized spacial score (nSPS) is 17.8. The molecule has 0 aliphatic carbocycles. The van der Waals surface area contributed by atoms with Gasteiger partial charge in [-0.05, 0) is 30.2 Å². The molecule has 1 amide bonds. The van der Waals surface area contributed by atoms with Gasteiger partial charge in [0.25, 0.3) is 0 Å². The highest BCUT2D eigenvalue weighted by Crippen LogP contribution is 2.39. The van der Waals surface area contributed by atoms with Crippen LogP contribution < -0.4 is 4.74 Å². The van der Waals surface area contributed by atoms with Gasteiger partial charge in [-0.15, -0.1) is 11.8 Å². The van der Waals surface area contributed by atoms with Gasteiger partial charge in [0, 0.05) is 6.54 Å². The molecule has 0 bridgehead atoms. The first kappa shape index (κ1) is 15.0. The number of hydrogen-bond donors (Lipinski definition) is 0. The van der Waals surface area contributed by atoms with Crippen molar-refractivity contribution in [2.24, 2.45) is 0 Å². The molecule has 1 aliphatic rings. The Kier molecular flexibility index (Phi) is 4.39. The Morgan fingerprint density at radius 3 is 2.45 bits per heavy atom. The van der Waals surface area contributed by atoms with Crippen molar-refractivity contribution >= 4 is 17.7 Å². The summed E-state index contributed by atoms with van der Waals surface area (Å²) in [6.45, 7) is 2.71. The third kappa shape index (κ3) is 3.12. The predicted molar refractivity (Wildman–Crippen MR) is 89.9 cm³/mol. The molecular weight excluding hydrogens is 294 g/mol. The zero-order valence-electron chi connectivity index (χ0n) is 12.8. The fourth-order valence-electron chi connectivity index (χ4n) is 2.56. The van der Waals surface area contributed by atoms with Gasteiger partial charge in [-0.1, -0.05) is 42.0 Å². The van der Waals surface area contributed by atoms with E-state index in [0.29, 0.717) is 12.3 Å². The van der Waals surface area contributed by atoms with Crippen LogP contribution in [0, 0.1) is 6.92 Å². The van der Waals surface area contributed by atoms with Crippen molar-refractivity contribution in [2.45, 2.75) is 18.8 Å². The molecule has 1 unspecified atom stereocenters. The van der Waals surface area contributed by atoms with Crippen molar-refractivity contribution < 1.29 is 9.53 Å². The van der Waals surface area contributed by atoms with Crippen molar-refractivity contribution in [1.82, 2.24) is 4.90 Å². The lowest BCUT2D eigenvalue weighted by Crippen LogP contribution is -2.27. The largest absolute Gasteiger partial charge is 0.497 e. The minimum atomic E-state index is 0.107. The van der Waals surface area contributed by atoms with Crippen LogP contribution in [0.4, 0.5) is 0 Å². The Hall–Kier alpha value is -1.94. The second-order valence-electron chi connectivity index (χ2n) is 5.44. The van der Waals surface area contributed by atoms with E-state index in [4.69, 9.17) is 4.74 Å². The minimum absolute atomic E-state index is 0.107. The average molecular weight is 313 g/mol. The molecule has 2 aromatic rings. The topological polar surface area (TPSA) is 29.5 Å². The first-order valence-corrected chi connectivity index (χ1v) is 8.33. The molecule has 0 saturated carbocycles. The maximum Gasteiger partial charge on any atom is 0.234 e. The Morgan fingerprint density at radius 1 is 1.14 bits per heavy atom. The lowest BCUT2D eigenvalue weighted by Gasteiger charge is -2.24. The molecule has 1 saturated heterocycles. The zero-order chi connectivity index (χ0) is 15.5. The molecule has 0 N–H and O–H groups in total. The highest BCUT2D eigenvalue weighted by atomic mass is 32.2. The number of nitrogens with zero attached hydrogens (tertiary/aromatic N) is 1. The number of methoxy groups -OCH3 is 1. The molecule has 22 heavy (non-hydrogen) atoms. The average Bonchev–Trinajstić information content (AvgIpc) is 2.90. The van der Waals surface area contributed by atoms with Crippen molar-refractivity contribution in [3.8, 4) is 5.75 Å². The van der Waals surface area contributed by atoms with E-state index in [9.17, 15) is 4.79 Å². The summed E-state index contributed by atoms with van der Waals surface area (Å²) in [4.78, 5) is 14.2. The summed E-state index contributed by atoms with van der Waals surface area (Å²) >= 11 is 1.70. The smallest absolute Gasteiger partial charge is 0.234 e. The zero-order valence-corrected chi connectivity index (χ0v) is 13.6. The Labute approximate surface area is 135 Å². The third-order valence-corrected chi connectivity index (χ3v) is 5.10. The minimum Gasteiger partial charge on any atom is -0.497 e. The summed E-state index contributed by atoms with van der Waals surface area (Å²) in [6, 6.07) is 16.3. The van der Waals surface area contributed by atoms with Gasteiger partial charge in [-0.25, -0.2) is 0 Å². The highest BCUT2D eigenvalue weighted by Gasteiger charge is 2.32. The molecule has 1 atom stereocenters. The highest BCUT2D eigenvalue weighted by molar-refractivity contribution is 8.00. The van der Waals surface area contributed by atoms with Gasteiger partial charge in [0.2, 0.25) is 5.91 Å². The molecule has 0 aromatic heterocycles. The van der Waals surface area contributed by atoms with Crippen molar-refractivity contribution in [1.29, 1.82) is 0 Å². The van der Waals surface area contributed by atoms with Crippen LogP contribution in [0.5, 0.6) is 5.75 Å². The van der Waals surface area contributed by atoms with E-state index < -0.39 is 0 Å². The first-order valence-electron chi connectivity index (χ1n) is 7.28. The van der Waals surface area contributed by atoms with Gasteiger partial charge >= 0.3 is 0 Å². The quantitative estimate of drug-likeness (QED) is 0.860. The number of hydrogen-bond acceptors (Lipinski definition) is 3. The van der Waals surface area contributed by atoms with E-state index in [1.54, 1.807) is 18.9 Å². The standard InChI is InChI=1S/C18H19NO2S/c1-13-3-7-15(8-4-13)18-19(17(20)12-22-18)11-14-5-9-16(21-2)10-6-14/h3-10,18H,11-12H2,1-2H3. The fourth-order valence-corrected chi connectivity index (χ4v) is 3.75. The van der Waals surface area contributed by atoms with Crippen LogP contribution >= 0.6 is 11.8 Å². The van der Waals surface area contributed by atoms with Crippen LogP contribution in [0.1, 0.15) is 22.1 Å². The maximum atomic E-state index is 12.2. The monoisotopic (exact) mass is 313 g/mol. The van der Waals surface area contributed by atoms with Gasteiger partial charge in [-0.3, -0.25) is 4.79 Å². The molecule has 2 aromatic carbocycles. The third-order valence-electron chi connectivity index (χ3n) is 3.84. The van der Waals surface area contributed by atoms with Crippen LogP contribution in [-0.4, -0.2) is 23.7 Å². The van der Waals surface area contributed by atoms with Gasteiger partial charge in [-0.2, -0.15) is 0 Å². The molecule has 3 nitrogen and oxygen atoms in total. The van der Waals surface area contributed by atoms with Crippen molar-refractivity contribution in [3.63, 3.8) is 0 Å². The fraction of sp³-hybridized carbons (Fsp3) is 0.278. The molecule has 0 spiro atoms. The van der Waals surface area contributed by atoms with Crippen LogP contribution in [-0.2, 0) is 11.3 Å². The molecule has 3 rings (SSSR count). The van der Waals surface area contributed by atoms with Gasteiger partial charge in [0.05, 0.1) is 12.9 Å². The van der Waals surface area contributed by atoms with Gasteiger partial charge in [0.1, 0.15) is 11.1 Å². The van der Waals surface area contributed by atoms with Gasteiger partial charge in [0.15, 0.2) is 0 Å². The number of thioether (sulfide) groups is 1. The lowest BCUT2D eigenvalue weighted by molar-refractivity contribution is -0.128. The molecule has 1 fully saturated rings. The number of ether oxygens (including phenoxy) is 1. The summed E-state index contributed by atoms with van der Waals surface area (Å²) in [7, 11) is 1.66. The first-order chi connectivity index (χ1) is 10.7. The summed E-state index contributed by atoms with van der Waals surface area (Å²) < 4.78 is 5.18. The van der Waals surface area contributed by atoms with Crippen LogP contribution in [0.25, 0.3) is 0 Å². The van der Waals surface area contributed by atoms with Crippen LogP contribution in [0.3, 0.4) is 0 Å². The van der Waals surface area contributed by atoms with E-state index in [2.05, 4.69) is 31.2 Å². The SMILES string of the molecule is COc1ccc(CN2C(=O)CSC2c2ccc(C)cc2)cc1. The number of carbonyl (C=O) groups is 1. The molecular formula is C18H19NO2S. The van der Waals surface area contributed by atoms with Gasteiger partial charge < -0.3 is 9.64 Å². The lowest BCUT2D eigenvalue weighted by atomic mass is 10.1. The maximum absolute atomic E-state index is 12.2. The molecule has 1 aliphatic heterocycles. The molecule has 4 heteroatoms. The number of carbonyl (C=O) groups excluding carboxylic acids is 1. The second-order valence-corrected chi connectivity index (χ2v) is 6.51. The van der Waals surface area contributed by atoms with Crippen molar-refractivity contribution in [3.05, 3.63) is 65.2 Å². The van der Waals surface area contributed by atoms with Crippen LogP contribution in [0.15, 0.2) is 48.5 Å². The second kappa shape index (κ2) is 6.44. The molecule has 114 valence electrons. The number of amides is 1. The summed E-state index contributed by atoms with van der Waals surface area (Å²) in [5.41, 5.74) is 3.54. The van der Waals surface area contributed by atoms with Crippen LogP contribution in [0.2, 0.25) is 0 Å². The Bertz CT molecular complexity index is 652. The predicted octanol–water partition coefficient (Wildman–Crippen LogP) is 3.78. The van der Waals surface area contributed by atoms with E-state index in [1.807, 2.05) is 29.2 Å². The summed E-state index contributed by atoms with van der Waals surface area (Å²) in [5.74, 6) is 1.58. The Balaban J connectivity index is 1.79. The van der Waals surface area contributed by atoms with E-state index >= 15 is 0 Å². The van der Waals surface area contributed by atoms with E-state index in [0.717, 1.165) is 11.3 Å². The van der Waals surface area contributed by atoms with Crippen molar-refractivity contribution in [2.75, 3.05) is 12.9 Å². The summed E-state index contributed by atoms with van der Waals surface area (Å²) in [5, 5.41) is 0.107. The van der Waals surface area contributed by atoms with E-state index in [1.165, 1.54) is 11.1 Å². The number of benzene rings is 2.